The van der Waals surface area contributed by atoms with E-state index in [1.807, 2.05) is 20.1 Å². The van der Waals surface area contributed by atoms with Crippen LogP contribution in [0, 0.1) is 5.92 Å². The third kappa shape index (κ3) is 7.50. The minimum Gasteiger partial charge on any atom is -0.396 e. The van der Waals surface area contributed by atoms with Crippen LogP contribution in [0.4, 0.5) is 4.79 Å². The van der Waals surface area contributed by atoms with Gasteiger partial charge in [-0.1, -0.05) is 6.92 Å². The molecule has 0 rings (SSSR count). The first-order valence-electron chi connectivity index (χ1n) is 5.26. The van der Waals surface area contributed by atoms with Gasteiger partial charge in [0.25, 0.3) is 0 Å². The Morgan fingerprint density at radius 2 is 2.13 bits per heavy atom. The Morgan fingerprint density at radius 3 is 2.67 bits per heavy atom. The largest absolute Gasteiger partial charge is 0.396 e. The first kappa shape index (κ1) is 14.6. The molecule has 0 aromatic carbocycles. The fraction of sp³-hybridized carbons (Fsp3) is 0.900. The summed E-state index contributed by atoms with van der Waals surface area (Å²) in [6.07, 6.45) is 3.03. The molecule has 0 spiro atoms. The summed E-state index contributed by atoms with van der Waals surface area (Å²) in [5.41, 5.74) is 0. The zero-order chi connectivity index (χ0) is 11.7. The van der Waals surface area contributed by atoms with E-state index in [0.717, 1.165) is 12.2 Å². The van der Waals surface area contributed by atoms with Crippen molar-refractivity contribution in [3.63, 3.8) is 0 Å². The molecule has 3 N–H and O–H groups in total. The van der Waals surface area contributed by atoms with Crippen LogP contribution in [0.1, 0.15) is 20.3 Å². The maximum Gasteiger partial charge on any atom is 0.315 e. The predicted molar refractivity (Wildman–Crippen MR) is 65.2 cm³/mol. The van der Waals surface area contributed by atoms with Crippen LogP contribution in [-0.4, -0.2) is 42.3 Å². The average molecular weight is 234 g/mol. The van der Waals surface area contributed by atoms with Crippen molar-refractivity contribution in [2.24, 2.45) is 5.92 Å². The van der Waals surface area contributed by atoms with Crippen molar-refractivity contribution in [2.75, 3.05) is 25.2 Å². The summed E-state index contributed by atoms with van der Waals surface area (Å²) >= 11 is 1.77. The third-order valence-electron chi connectivity index (χ3n) is 2.31. The van der Waals surface area contributed by atoms with Gasteiger partial charge >= 0.3 is 6.03 Å². The van der Waals surface area contributed by atoms with Crippen LogP contribution in [-0.2, 0) is 0 Å². The number of aliphatic hydroxyl groups is 1. The Kier molecular flexibility index (Phi) is 8.61. The summed E-state index contributed by atoms with van der Waals surface area (Å²) < 4.78 is 0. The second-order valence-corrected chi connectivity index (χ2v) is 4.68. The first-order chi connectivity index (χ1) is 7.11. The molecule has 0 aliphatic carbocycles. The van der Waals surface area contributed by atoms with Gasteiger partial charge in [-0.2, -0.15) is 11.8 Å². The van der Waals surface area contributed by atoms with Gasteiger partial charge in [-0.05, 0) is 31.3 Å². The molecule has 0 radical (unpaired) electrons. The molecule has 0 aliphatic heterocycles. The Labute approximate surface area is 96.2 Å². The highest BCUT2D eigenvalue weighted by molar-refractivity contribution is 7.98. The van der Waals surface area contributed by atoms with Crippen molar-refractivity contribution in [3.8, 4) is 0 Å². The molecule has 0 aliphatic rings. The van der Waals surface area contributed by atoms with E-state index in [-0.39, 0.29) is 24.6 Å². The lowest BCUT2D eigenvalue weighted by Gasteiger charge is -2.19. The van der Waals surface area contributed by atoms with Gasteiger partial charge in [-0.15, -0.1) is 0 Å². The van der Waals surface area contributed by atoms with Gasteiger partial charge in [0.15, 0.2) is 0 Å². The maximum absolute atomic E-state index is 11.3. The SMILES string of the molecule is CSCCCNC(=O)NC(C)C(C)CO. The fourth-order valence-corrected chi connectivity index (χ4v) is 1.41. The smallest absolute Gasteiger partial charge is 0.315 e. The third-order valence-corrected chi connectivity index (χ3v) is 3.01. The van der Waals surface area contributed by atoms with Crippen molar-refractivity contribution in [1.82, 2.24) is 10.6 Å². The van der Waals surface area contributed by atoms with Crippen molar-refractivity contribution < 1.29 is 9.90 Å². The van der Waals surface area contributed by atoms with Crippen LogP contribution in [0.3, 0.4) is 0 Å². The molecule has 0 aromatic heterocycles. The molecular weight excluding hydrogens is 212 g/mol. The molecule has 0 bridgehead atoms. The summed E-state index contributed by atoms with van der Waals surface area (Å²) in [4.78, 5) is 11.3. The number of carbonyl (C=O) groups excluding carboxylic acids is 1. The number of urea groups is 1. The van der Waals surface area contributed by atoms with Gasteiger partial charge < -0.3 is 15.7 Å². The normalized spacial score (nSPS) is 14.4. The standard InChI is InChI=1S/C10H22N2O2S/c1-8(7-13)9(2)12-10(14)11-5-4-6-15-3/h8-9,13H,4-7H2,1-3H3,(H2,11,12,14). The van der Waals surface area contributed by atoms with Gasteiger partial charge in [-0.25, -0.2) is 4.79 Å². The molecular formula is C10H22N2O2S. The second-order valence-electron chi connectivity index (χ2n) is 3.70. The molecule has 0 saturated heterocycles. The lowest BCUT2D eigenvalue weighted by Crippen LogP contribution is -2.44. The second kappa shape index (κ2) is 8.85. The average Bonchev–Trinajstić information content (AvgIpc) is 2.23. The number of rotatable bonds is 7. The number of nitrogens with one attached hydrogen (secondary N) is 2. The van der Waals surface area contributed by atoms with Gasteiger partial charge in [0.1, 0.15) is 0 Å². The summed E-state index contributed by atoms with van der Waals surface area (Å²) in [7, 11) is 0. The quantitative estimate of drug-likeness (QED) is 0.577. The molecule has 15 heavy (non-hydrogen) atoms. The van der Waals surface area contributed by atoms with Crippen molar-refractivity contribution >= 4 is 17.8 Å². The zero-order valence-electron chi connectivity index (χ0n) is 9.75. The van der Waals surface area contributed by atoms with E-state index in [1.54, 1.807) is 11.8 Å². The predicted octanol–water partition coefficient (Wildman–Crippen LogP) is 1.06. The summed E-state index contributed by atoms with van der Waals surface area (Å²) in [5.74, 6) is 1.14. The van der Waals surface area contributed by atoms with Crippen LogP contribution >= 0.6 is 11.8 Å². The van der Waals surface area contributed by atoms with Crippen LogP contribution < -0.4 is 10.6 Å². The monoisotopic (exact) mass is 234 g/mol. The Hall–Kier alpha value is -0.420. The highest BCUT2D eigenvalue weighted by atomic mass is 32.2. The molecule has 90 valence electrons. The fourth-order valence-electron chi connectivity index (χ4n) is 0.977. The molecule has 2 amide bonds. The van der Waals surface area contributed by atoms with Crippen LogP contribution in [0.5, 0.6) is 0 Å². The van der Waals surface area contributed by atoms with E-state index >= 15 is 0 Å². The minimum atomic E-state index is -0.149. The van der Waals surface area contributed by atoms with E-state index < -0.39 is 0 Å². The molecule has 2 atom stereocenters. The van der Waals surface area contributed by atoms with E-state index in [9.17, 15) is 4.79 Å². The first-order valence-corrected chi connectivity index (χ1v) is 6.65. The number of hydrogen-bond donors (Lipinski definition) is 3. The van der Waals surface area contributed by atoms with Crippen molar-refractivity contribution in [3.05, 3.63) is 0 Å². The highest BCUT2D eigenvalue weighted by Gasteiger charge is 2.12. The summed E-state index contributed by atoms with van der Waals surface area (Å²) in [5, 5.41) is 14.5. The van der Waals surface area contributed by atoms with E-state index in [0.29, 0.717) is 6.54 Å². The molecule has 5 heteroatoms. The number of carbonyl (C=O) groups is 1. The highest BCUT2D eigenvalue weighted by Crippen LogP contribution is 2.00. The van der Waals surface area contributed by atoms with E-state index in [4.69, 9.17) is 5.11 Å². The van der Waals surface area contributed by atoms with E-state index in [1.165, 1.54) is 0 Å². The van der Waals surface area contributed by atoms with Crippen LogP contribution in [0.15, 0.2) is 0 Å². The molecule has 0 fully saturated rings. The van der Waals surface area contributed by atoms with Gasteiger partial charge in [0, 0.05) is 19.2 Å². The lowest BCUT2D eigenvalue weighted by molar-refractivity contribution is 0.200. The molecule has 2 unspecified atom stereocenters. The Balaban J connectivity index is 3.55. The lowest BCUT2D eigenvalue weighted by atomic mass is 10.1. The van der Waals surface area contributed by atoms with Crippen molar-refractivity contribution in [1.29, 1.82) is 0 Å². The van der Waals surface area contributed by atoms with Crippen LogP contribution in [0.2, 0.25) is 0 Å². The Bertz CT molecular complexity index is 179. The zero-order valence-corrected chi connectivity index (χ0v) is 10.6. The van der Waals surface area contributed by atoms with Crippen LogP contribution in [0.25, 0.3) is 0 Å². The number of amides is 2. The topological polar surface area (TPSA) is 61.4 Å². The van der Waals surface area contributed by atoms with Gasteiger partial charge in [0.2, 0.25) is 0 Å². The van der Waals surface area contributed by atoms with Gasteiger partial charge in [-0.3, -0.25) is 0 Å². The summed E-state index contributed by atoms with van der Waals surface area (Å²) in [6.45, 7) is 4.59. The van der Waals surface area contributed by atoms with Crippen molar-refractivity contribution in [2.45, 2.75) is 26.3 Å². The minimum absolute atomic E-state index is 0.00412. The number of hydrogen-bond acceptors (Lipinski definition) is 3. The number of aliphatic hydroxyl groups excluding tert-OH is 1. The molecule has 0 aromatic rings. The molecule has 0 saturated carbocycles. The van der Waals surface area contributed by atoms with E-state index in [2.05, 4.69) is 10.6 Å². The Morgan fingerprint density at radius 1 is 1.47 bits per heavy atom. The molecule has 4 nitrogen and oxygen atoms in total. The number of thioether (sulfide) groups is 1. The maximum atomic E-state index is 11.3. The summed E-state index contributed by atoms with van der Waals surface area (Å²) in [6, 6.07) is -0.153. The van der Waals surface area contributed by atoms with Gasteiger partial charge in [0.05, 0.1) is 0 Å². The molecule has 0 heterocycles.